The largest absolute Gasteiger partial charge is 0.358 e. The van der Waals surface area contributed by atoms with Gasteiger partial charge in [-0.25, -0.2) is 0 Å². The maximum Gasteiger partial charge on any atom is 0.164 e. The summed E-state index contributed by atoms with van der Waals surface area (Å²) >= 11 is 0. The van der Waals surface area contributed by atoms with Crippen molar-refractivity contribution in [3.63, 3.8) is 0 Å². The number of hydrogen-bond acceptors (Lipinski definition) is 4. The molecule has 14 aromatic carbocycles. The van der Waals surface area contributed by atoms with E-state index in [1.165, 1.54) is 97.9 Å². The van der Waals surface area contributed by atoms with Gasteiger partial charge in [-0.2, -0.15) is 0 Å². The molecule has 0 saturated carbocycles. The minimum atomic E-state index is -1.47. The summed E-state index contributed by atoms with van der Waals surface area (Å²) in [4.78, 5) is 0. The van der Waals surface area contributed by atoms with Gasteiger partial charge in [0, 0.05) is 5.92 Å². The second-order valence-electron chi connectivity index (χ2n) is 25.7. The second-order valence-corrected chi connectivity index (χ2v) is 25.7. The molecule has 4 heteroatoms. The Morgan fingerprint density at radius 3 is 1.29 bits per heavy atom. The second kappa shape index (κ2) is 19.1. The molecule has 4 nitrogen and oxygen atoms in total. The Kier molecular flexibility index (Phi) is 11.0. The lowest BCUT2D eigenvalue weighted by Gasteiger charge is -2.50. The monoisotopic (exact) mass is 1140 g/mol. The zero-order valence-electron chi connectivity index (χ0n) is 49.5. The van der Waals surface area contributed by atoms with Crippen molar-refractivity contribution >= 4 is 97.0 Å². The van der Waals surface area contributed by atoms with Crippen molar-refractivity contribution in [1.82, 2.24) is 0 Å². The fourth-order valence-corrected chi connectivity index (χ4v) is 16.9. The van der Waals surface area contributed by atoms with E-state index in [0.29, 0.717) is 0 Å². The van der Waals surface area contributed by atoms with E-state index in [4.69, 9.17) is 18.9 Å². The molecule has 4 atom stereocenters. The smallest absolute Gasteiger partial charge is 0.164 e. The lowest BCUT2D eigenvalue weighted by atomic mass is 9.62. The molecule has 0 N–H and O–H groups in total. The van der Waals surface area contributed by atoms with Crippen molar-refractivity contribution in [2.45, 2.75) is 62.7 Å². The van der Waals surface area contributed by atoms with E-state index < -0.39 is 29.2 Å². The van der Waals surface area contributed by atoms with Gasteiger partial charge in [-0.3, -0.25) is 0 Å². The van der Waals surface area contributed by atoms with Gasteiger partial charge in [-0.15, -0.1) is 0 Å². The summed E-state index contributed by atoms with van der Waals surface area (Å²) in [6.07, 6.45) is 17.8. The molecule has 0 aromatic heterocycles. The molecule has 1 aliphatic heterocycles. The average Bonchev–Trinajstić information content (AvgIpc) is 1.68. The molecule has 1 unspecified atom stereocenters. The Hall–Kier alpha value is -9.78. The third kappa shape index (κ3) is 7.38. The quantitative estimate of drug-likeness (QED) is 0.114. The Bertz CT molecular complexity index is 5320. The highest BCUT2D eigenvalue weighted by molar-refractivity contribution is 6.26. The van der Waals surface area contributed by atoms with Crippen molar-refractivity contribution < 1.29 is 18.9 Å². The minimum absolute atomic E-state index is 0.0533. The van der Waals surface area contributed by atoms with Crippen molar-refractivity contribution in [3.05, 3.63) is 334 Å². The van der Waals surface area contributed by atoms with E-state index in [9.17, 15) is 0 Å². The van der Waals surface area contributed by atoms with E-state index in [1.54, 1.807) is 0 Å². The lowest BCUT2D eigenvalue weighted by molar-refractivity contribution is -0.182. The van der Waals surface area contributed by atoms with Gasteiger partial charge in [0.05, 0.1) is 13.2 Å². The third-order valence-corrected chi connectivity index (χ3v) is 20.6. The van der Waals surface area contributed by atoms with Crippen LogP contribution in [0.5, 0.6) is 0 Å². The van der Waals surface area contributed by atoms with Gasteiger partial charge >= 0.3 is 0 Å². The van der Waals surface area contributed by atoms with Crippen LogP contribution in [0.25, 0.3) is 97.0 Å². The normalized spacial score (nSPS) is 19.6. The SMILES string of the molecule is CC1(C)O[C@@H](C(OCc2ccccc2)(c2ccc3ccc4cccc5ccc2c3c45)c2ccc3ccc4cccc5ccc2c3c45)[C@H]([C@@](OCc2ccccc2)(C2=C3C=CC4=C5C(=CC=C(C=C2)C35)CC=C4)c2ccc3ccc4cccc5ccc2c3c45)O1. The van der Waals surface area contributed by atoms with Crippen molar-refractivity contribution in [3.8, 4) is 0 Å². The number of allylic oxidation sites excluding steroid dienone is 12. The summed E-state index contributed by atoms with van der Waals surface area (Å²) in [6.45, 7) is 4.71. The average molecular weight is 1150 g/mol. The van der Waals surface area contributed by atoms with Crippen LogP contribution in [0.2, 0.25) is 0 Å². The van der Waals surface area contributed by atoms with Gasteiger partial charge in [0.1, 0.15) is 23.4 Å². The molecule has 424 valence electrons. The minimum Gasteiger partial charge on any atom is -0.358 e. The van der Waals surface area contributed by atoms with Gasteiger partial charge in [0.25, 0.3) is 0 Å². The van der Waals surface area contributed by atoms with Gasteiger partial charge in [-0.05, 0) is 178 Å². The Morgan fingerprint density at radius 2 is 0.809 bits per heavy atom. The Balaban J connectivity index is 0.991. The lowest BCUT2D eigenvalue weighted by Crippen LogP contribution is -2.57. The van der Waals surface area contributed by atoms with E-state index in [1.807, 2.05) is 0 Å². The van der Waals surface area contributed by atoms with Crippen molar-refractivity contribution in [2.75, 3.05) is 0 Å². The van der Waals surface area contributed by atoms with Crippen LogP contribution in [0.1, 0.15) is 48.1 Å². The molecule has 0 radical (unpaired) electrons. The van der Waals surface area contributed by atoms with E-state index >= 15 is 0 Å². The fraction of sp³-hybridized carbons (Fsp3) is 0.129. The highest BCUT2D eigenvalue weighted by Gasteiger charge is 2.65. The van der Waals surface area contributed by atoms with Crippen LogP contribution in [-0.4, -0.2) is 18.0 Å². The molecule has 5 aliphatic rings. The van der Waals surface area contributed by atoms with Crippen LogP contribution in [0.3, 0.4) is 0 Å². The van der Waals surface area contributed by atoms with Gasteiger partial charge in [0.15, 0.2) is 5.79 Å². The molecule has 14 aromatic rings. The zero-order chi connectivity index (χ0) is 58.7. The molecule has 19 rings (SSSR count). The predicted molar refractivity (Wildman–Crippen MR) is 365 cm³/mol. The molecule has 1 fully saturated rings. The van der Waals surface area contributed by atoms with Crippen LogP contribution < -0.4 is 0 Å². The van der Waals surface area contributed by atoms with E-state index in [0.717, 1.165) is 66.7 Å². The van der Waals surface area contributed by atoms with Gasteiger partial charge < -0.3 is 18.9 Å². The Morgan fingerprint density at radius 1 is 0.393 bits per heavy atom. The summed E-state index contributed by atoms with van der Waals surface area (Å²) in [6, 6.07) is 83.0. The molecular weight excluding hydrogens is 1080 g/mol. The molecule has 0 bridgehead atoms. The van der Waals surface area contributed by atoms with Gasteiger partial charge in [0.2, 0.25) is 0 Å². The summed E-state index contributed by atoms with van der Waals surface area (Å²) in [7, 11) is 0. The first-order valence-corrected chi connectivity index (χ1v) is 31.5. The highest BCUT2D eigenvalue weighted by Crippen LogP contribution is 2.61. The maximum absolute atomic E-state index is 8.53. The molecule has 0 spiro atoms. The predicted octanol–water partition coefficient (Wildman–Crippen LogP) is 20.6. The fourth-order valence-electron chi connectivity index (χ4n) is 16.9. The first-order valence-electron chi connectivity index (χ1n) is 31.5. The van der Waals surface area contributed by atoms with E-state index in [-0.39, 0.29) is 19.1 Å². The first kappa shape index (κ1) is 51.3. The first-order chi connectivity index (χ1) is 43.8. The van der Waals surface area contributed by atoms with Crippen LogP contribution in [0, 0.1) is 5.92 Å². The van der Waals surface area contributed by atoms with E-state index in [2.05, 4.69) is 287 Å². The topological polar surface area (TPSA) is 36.9 Å². The third-order valence-electron chi connectivity index (χ3n) is 20.6. The summed E-state index contributed by atoms with van der Waals surface area (Å²) < 4.78 is 33.5. The number of hydrogen-bond donors (Lipinski definition) is 0. The van der Waals surface area contributed by atoms with Crippen LogP contribution in [0.15, 0.2) is 307 Å². The molecule has 1 heterocycles. The van der Waals surface area contributed by atoms with Crippen molar-refractivity contribution in [2.24, 2.45) is 5.92 Å². The molecular formula is C85H60O4. The Labute approximate surface area is 515 Å². The molecule has 0 amide bonds. The van der Waals surface area contributed by atoms with Crippen LogP contribution >= 0.6 is 0 Å². The van der Waals surface area contributed by atoms with Gasteiger partial charge in [-0.1, -0.05) is 273 Å². The van der Waals surface area contributed by atoms with Crippen LogP contribution in [-0.2, 0) is 43.4 Å². The van der Waals surface area contributed by atoms with Crippen LogP contribution in [0.4, 0.5) is 0 Å². The maximum atomic E-state index is 8.53. The number of ether oxygens (including phenoxy) is 4. The number of rotatable bonds is 12. The molecule has 1 saturated heterocycles. The zero-order valence-corrected chi connectivity index (χ0v) is 49.5. The summed E-state index contributed by atoms with van der Waals surface area (Å²) in [5, 5.41) is 21.2. The highest BCUT2D eigenvalue weighted by atomic mass is 16.8. The summed E-state index contributed by atoms with van der Waals surface area (Å²) in [5.41, 5.74) is 9.59. The standard InChI is InChI=1S/C85H60O4/c1-83(2)88-81(84(86-49-51-13-5-3-6-14-51,69-45-37-61-29-25-53-17-9-21-57-33-41-65(69)77(61)73(53)57)70-46-38-62-30-26-54-18-10-22-58-34-42-66(70)78(62)74(54)58)82(89-83)85(87-50-52-15-7-4-8-16-52,71-47-39-63-31-27-55-19-11-23-59-35-43-67(71)79(63)75(55)59)72-48-40-64-32-28-56-20-12-24-60-36-44-68(72)80(64)76(56)60/h3-19,21-48,80-82H,20,49-50H2,1-2H3/t80?,81-,82-,85+/m1/s1. The number of benzene rings is 14. The van der Waals surface area contributed by atoms with Crippen molar-refractivity contribution in [1.29, 1.82) is 0 Å². The molecule has 4 aliphatic carbocycles. The molecule has 89 heavy (non-hydrogen) atoms. The summed E-state index contributed by atoms with van der Waals surface area (Å²) in [5.74, 6) is -1.26.